The molecular weight excluding hydrogens is 342 g/mol. The Balaban J connectivity index is 1.46. The number of ether oxygens (including phenoxy) is 1. The predicted molar refractivity (Wildman–Crippen MR) is 107 cm³/mol. The van der Waals surface area contributed by atoms with E-state index in [0.29, 0.717) is 19.1 Å². The number of carbonyl (C=O) groups is 1. The Morgan fingerprint density at radius 3 is 2.59 bits per heavy atom. The molecule has 0 bridgehead atoms. The van der Waals surface area contributed by atoms with E-state index in [1.165, 1.54) is 11.1 Å². The van der Waals surface area contributed by atoms with Gasteiger partial charge in [-0.1, -0.05) is 6.07 Å². The monoisotopic (exact) mass is 373 g/mol. The number of methoxy groups -OCH3 is 1. The molecule has 148 valence electrons. The average molecular weight is 374 g/mol. The second-order valence-electron chi connectivity index (χ2n) is 7.36. The van der Waals surface area contributed by atoms with Crippen molar-refractivity contribution in [1.82, 2.24) is 20.4 Å². The zero-order chi connectivity index (χ0) is 19.2. The van der Waals surface area contributed by atoms with Crippen LogP contribution in [0.15, 0.2) is 23.2 Å². The van der Waals surface area contributed by atoms with Crippen LogP contribution in [0.2, 0.25) is 0 Å². The zero-order valence-electron chi connectivity index (χ0n) is 16.6. The van der Waals surface area contributed by atoms with Crippen LogP contribution in [0.4, 0.5) is 0 Å². The number of amides is 1. The molecule has 1 aromatic rings. The quantitative estimate of drug-likeness (QED) is 0.575. The highest BCUT2D eigenvalue weighted by molar-refractivity contribution is 5.80. The topological polar surface area (TPSA) is 69.2 Å². The van der Waals surface area contributed by atoms with Crippen molar-refractivity contribution in [2.45, 2.75) is 32.4 Å². The molecule has 3 rings (SSSR count). The lowest BCUT2D eigenvalue weighted by Crippen LogP contribution is -2.54. The van der Waals surface area contributed by atoms with Gasteiger partial charge in [0.2, 0.25) is 5.91 Å². The Kier molecular flexibility index (Phi) is 6.55. The molecule has 7 heteroatoms. The van der Waals surface area contributed by atoms with Gasteiger partial charge in [-0.25, -0.2) is 0 Å². The molecule has 1 aromatic carbocycles. The lowest BCUT2D eigenvalue weighted by molar-refractivity contribution is -0.122. The maximum atomic E-state index is 12.0. The molecule has 0 aromatic heterocycles. The highest BCUT2D eigenvalue weighted by Crippen LogP contribution is 2.18. The van der Waals surface area contributed by atoms with E-state index in [9.17, 15) is 4.79 Å². The third-order valence-corrected chi connectivity index (χ3v) is 4.99. The SMILES string of the molecule is CN=C(NCc1cc(C)cc(OC)c1)N1CCN(CC(=O)NC2CC2)CC1. The first-order chi connectivity index (χ1) is 13.1. The molecule has 27 heavy (non-hydrogen) atoms. The number of piperazine rings is 1. The maximum Gasteiger partial charge on any atom is 0.234 e. The number of rotatable bonds is 6. The molecule has 0 unspecified atom stereocenters. The van der Waals surface area contributed by atoms with Crippen molar-refractivity contribution in [2.75, 3.05) is 46.9 Å². The van der Waals surface area contributed by atoms with Crippen LogP contribution in [0.3, 0.4) is 0 Å². The summed E-state index contributed by atoms with van der Waals surface area (Å²) in [5.74, 6) is 1.93. The third-order valence-electron chi connectivity index (χ3n) is 4.99. The van der Waals surface area contributed by atoms with Crippen LogP contribution in [-0.4, -0.2) is 74.6 Å². The van der Waals surface area contributed by atoms with Crippen molar-refractivity contribution < 1.29 is 9.53 Å². The van der Waals surface area contributed by atoms with Crippen LogP contribution >= 0.6 is 0 Å². The molecule has 1 amide bonds. The van der Waals surface area contributed by atoms with Crippen LogP contribution in [0.5, 0.6) is 5.75 Å². The van der Waals surface area contributed by atoms with Gasteiger partial charge in [0.05, 0.1) is 13.7 Å². The van der Waals surface area contributed by atoms with Crippen molar-refractivity contribution in [1.29, 1.82) is 0 Å². The van der Waals surface area contributed by atoms with Gasteiger partial charge in [0, 0.05) is 45.8 Å². The minimum atomic E-state index is 0.154. The molecule has 1 aliphatic carbocycles. The van der Waals surface area contributed by atoms with E-state index in [0.717, 1.165) is 50.7 Å². The second kappa shape index (κ2) is 9.08. The van der Waals surface area contributed by atoms with E-state index in [4.69, 9.17) is 4.74 Å². The summed E-state index contributed by atoms with van der Waals surface area (Å²) in [5.41, 5.74) is 2.35. The molecule has 2 aliphatic rings. The summed E-state index contributed by atoms with van der Waals surface area (Å²) in [6.07, 6.45) is 2.27. The summed E-state index contributed by atoms with van der Waals surface area (Å²) in [5, 5.41) is 6.50. The average Bonchev–Trinajstić information content (AvgIpc) is 3.46. The first-order valence-electron chi connectivity index (χ1n) is 9.69. The first kappa shape index (κ1) is 19.5. The lowest BCUT2D eigenvalue weighted by Gasteiger charge is -2.36. The van der Waals surface area contributed by atoms with Gasteiger partial charge in [0.1, 0.15) is 5.75 Å². The maximum absolute atomic E-state index is 12.0. The molecule has 1 saturated carbocycles. The molecule has 0 radical (unpaired) electrons. The van der Waals surface area contributed by atoms with Crippen molar-refractivity contribution in [2.24, 2.45) is 4.99 Å². The zero-order valence-corrected chi connectivity index (χ0v) is 16.6. The Labute approximate surface area is 161 Å². The largest absolute Gasteiger partial charge is 0.497 e. The van der Waals surface area contributed by atoms with Crippen LogP contribution in [0.25, 0.3) is 0 Å². The number of carbonyl (C=O) groups excluding carboxylic acids is 1. The molecule has 7 nitrogen and oxygen atoms in total. The van der Waals surface area contributed by atoms with Crippen molar-refractivity contribution in [3.8, 4) is 5.75 Å². The first-order valence-corrected chi connectivity index (χ1v) is 9.69. The standard InChI is InChI=1S/C20H31N5O2/c1-15-10-16(12-18(11-15)27-3)13-22-20(21-2)25-8-6-24(7-9-25)14-19(26)23-17-4-5-17/h10-12,17H,4-9,13-14H2,1-3H3,(H,21,22)(H,23,26). The molecular formula is C20H31N5O2. The van der Waals surface area contributed by atoms with Crippen LogP contribution in [-0.2, 0) is 11.3 Å². The highest BCUT2D eigenvalue weighted by Gasteiger charge is 2.25. The van der Waals surface area contributed by atoms with Gasteiger partial charge in [-0.3, -0.25) is 14.7 Å². The van der Waals surface area contributed by atoms with E-state index >= 15 is 0 Å². The Hall–Kier alpha value is -2.28. The van der Waals surface area contributed by atoms with Gasteiger partial charge < -0.3 is 20.3 Å². The Morgan fingerprint density at radius 1 is 1.22 bits per heavy atom. The smallest absolute Gasteiger partial charge is 0.234 e. The van der Waals surface area contributed by atoms with Crippen molar-refractivity contribution >= 4 is 11.9 Å². The number of hydrogen-bond acceptors (Lipinski definition) is 4. The summed E-state index contributed by atoms with van der Waals surface area (Å²) < 4.78 is 5.35. The van der Waals surface area contributed by atoms with Gasteiger partial charge >= 0.3 is 0 Å². The van der Waals surface area contributed by atoms with Gasteiger partial charge in [0.15, 0.2) is 5.96 Å². The van der Waals surface area contributed by atoms with Gasteiger partial charge in [-0.15, -0.1) is 0 Å². The van der Waals surface area contributed by atoms with Gasteiger partial charge in [0.25, 0.3) is 0 Å². The normalized spacial score (nSPS) is 18.3. The number of benzene rings is 1. The number of guanidine groups is 1. The number of aryl methyl sites for hydroxylation is 1. The fourth-order valence-corrected chi connectivity index (χ4v) is 3.38. The van der Waals surface area contributed by atoms with Crippen molar-refractivity contribution in [3.63, 3.8) is 0 Å². The second-order valence-corrected chi connectivity index (χ2v) is 7.36. The fourth-order valence-electron chi connectivity index (χ4n) is 3.38. The Bertz CT molecular complexity index is 679. The number of nitrogens with zero attached hydrogens (tertiary/aromatic N) is 3. The van der Waals surface area contributed by atoms with E-state index in [-0.39, 0.29) is 5.91 Å². The summed E-state index contributed by atoms with van der Waals surface area (Å²) in [4.78, 5) is 20.9. The highest BCUT2D eigenvalue weighted by atomic mass is 16.5. The van der Waals surface area contributed by atoms with Crippen LogP contribution in [0, 0.1) is 6.92 Å². The number of nitrogens with one attached hydrogen (secondary N) is 2. The predicted octanol–water partition coefficient (Wildman–Crippen LogP) is 0.975. The number of aliphatic imine (C=N–C) groups is 1. The molecule has 1 aliphatic heterocycles. The summed E-state index contributed by atoms with van der Waals surface area (Å²) in [7, 11) is 3.50. The van der Waals surface area contributed by atoms with E-state index < -0.39 is 0 Å². The molecule has 0 spiro atoms. The fraction of sp³-hybridized carbons (Fsp3) is 0.600. The van der Waals surface area contributed by atoms with Gasteiger partial charge in [-0.2, -0.15) is 0 Å². The lowest BCUT2D eigenvalue weighted by atomic mass is 10.1. The van der Waals surface area contributed by atoms with Crippen LogP contribution < -0.4 is 15.4 Å². The van der Waals surface area contributed by atoms with E-state index in [1.807, 2.05) is 19.2 Å². The molecule has 2 fully saturated rings. The van der Waals surface area contributed by atoms with E-state index in [1.54, 1.807) is 7.11 Å². The summed E-state index contributed by atoms with van der Waals surface area (Å²) >= 11 is 0. The van der Waals surface area contributed by atoms with E-state index in [2.05, 4.69) is 38.4 Å². The minimum Gasteiger partial charge on any atom is -0.497 e. The Morgan fingerprint density at radius 2 is 1.96 bits per heavy atom. The summed E-state index contributed by atoms with van der Waals surface area (Å²) in [6.45, 7) is 6.75. The summed E-state index contributed by atoms with van der Waals surface area (Å²) in [6, 6.07) is 6.65. The van der Waals surface area contributed by atoms with Crippen molar-refractivity contribution in [3.05, 3.63) is 29.3 Å². The molecule has 2 N–H and O–H groups in total. The third kappa shape index (κ3) is 5.85. The van der Waals surface area contributed by atoms with Crippen LogP contribution in [0.1, 0.15) is 24.0 Å². The molecule has 0 atom stereocenters. The minimum absolute atomic E-state index is 0.154. The van der Waals surface area contributed by atoms with Gasteiger partial charge in [-0.05, 0) is 43.0 Å². The number of hydrogen-bond donors (Lipinski definition) is 2. The molecule has 1 saturated heterocycles. The molecule has 1 heterocycles.